The van der Waals surface area contributed by atoms with Gasteiger partial charge in [0.25, 0.3) is 0 Å². The standard InChI is InChI=1S/C21H25N3O3/c1-20(2,3)27-19(26)23-10-21(11-23)8-15(18(21)25)17-14-7-5-4-6-13(14)16-9-22-12-24(16)17/h4-7,9,12,15,17-18,25H,8,10-11H2,1-3H3/t15-,17-,18+/m1/s1. The number of imidazole rings is 1. The molecule has 2 aromatic rings. The van der Waals surface area contributed by atoms with Crippen molar-refractivity contribution < 1.29 is 14.6 Å². The summed E-state index contributed by atoms with van der Waals surface area (Å²) in [5.41, 5.74) is 2.91. The van der Waals surface area contributed by atoms with Crippen LogP contribution in [-0.2, 0) is 4.74 Å². The Balaban J connectivity index is 1.32. The lowest BCUT2D eigenvalue weighted by Crippen LogP contribution is -2.72. The summed E-state index contributed by atoms with van der Waals surface area (Å²) in [4.78, 5) is 18.2. The zero-order chi connectivity index (χ0) is 19.0. The molecule has 3 aliphatic rings. The van der Waals surface area contributed by atoms with Crippen LogP contribution in [0.4, 0.5) is 4.79 Å². The minimum absolute atomic E-state index is 0.120. The fraction of sp³-hybridized carbons (Fsp3) is 0.524. The molecule has 0 radical (unpaired) electrons. The van der Waals surface area contributed by atoms with Gasteiger partial charge in [0.2, 0.25) is 0 Å². The second kappa shape index (κ2) is 5.35. The van der Waals surface area contributed by atoms with Crippen LogP contribution in [0.3, 0.4) is 0 Å². The number of carbonyl (C=O) groups is 1. The number of hydrogen-bond acceptors (Lipinski definition) is 4. The number of aliphatic hydroxyl groups excluding tert-OH is 1. The second-order valence-corrected chi connectivity index (χ2v) is 9.23. The van der Waals surface area contributed by atoms with Crippen LogP contribution in [0, 0.1) is 11.3 Å². The van der Waals surface area contributed by atoms with Crippen LogP contribution in [0.2, 0.25) is 0 Å². The van der Waals surface area contributed by atoms with Gasteiger partial charge in [-0.25, -0.2) is 9.78 Å². The maximum Gasteiger partial charge on any atom is 0.410 e. The van der Waals surface area contributed by atoms with Crippen LogP contribution in [0.15, 0.2) is 36.8 Å². The van der Waals surface area contributed by atoms with Crippen molar-refractivity contribution in [2.24, 2.45) is 11.3 Å². The minimum atomic E-state index is -0.494. The van der Waals surface area contributed by atoms with Crippen molar-refractivity contribution in [2.45, 2.75) is 44.9 Å². The van der Waals surface area contributed by atoms with E-state index in [0.29, 0.717) is 13.1 Å². The molecule has 1 aromatic heterocycles. The van der Waals surface area contributed by atoms with E-state index in [2.05, 4.69) is 27.8 Å². The Bertz CT molecular complexity index is 907. The molecular weight excluding hydrogens is 342 g/mol. The highest BCUT2D eigenvalue weighted by molar-refractivity contribution is 5.70. The predicted octanol–water partition coefficient (Wildman–Crippen LogP) is 3.07. The first-order valence-electron chi connectivity index (χ1n) is 9.56. The van der Waals surface area contributed by atoms with Crippen molar-refractivity contribution in [3.8, 4) is 11.3 Å². The molecule has 6 nitrogen and oxygen atoms in total. The van der Waals surface area contributed by atoms with Gasteiger partial charge in [-0.2, -0.15) is 0 Å². The Labute approximate surface area is 158 Å². The molecule has 2 aliphatic heterocycles. The van der Waals surface area contributed by atoms with Crippen LogP contribution < -0.4 is 0 Å². The Morgan fingerprint density at radius 3 is 2.74 bits per heavy atom. The third-order valence-corrected chi connectivity index (χ3v) is 6.27. The average molecular weight is 367 g/mol. The molecule has 1 spiro atoms. The van der Waals surface area contributed by atoms with E-state index in [4.69, 9.17) is 4.74 Å². The zero-order valence-corrected chi connectivity index (χ0v) is 15.9. The van der Waals surface area contributed by atoms with E-state index < -0.39 is 11.7 Å². The quantitative estimate of drug-likeness (QED) is 0.841. The summed E-state index contributed by atoms with van der Waals surface area (Å²) in [6.45, 7) is 6.76. The molecule has 1 aromatic carbocycles. The maximum atomic E-state index is 12.2. The van der Waals surface area contributed by atoms with Gasteiger partial charge in [-0.05, 0) is 32.8 Å². The lowest BCUT2D eigenvalue weighted by atomic mass is 9.53. The van der Waals surface area contributed by atoms with Gasteiger partial charge in [-0.15, -0.1) is 0 Å². The maximum absolute atomic E-state index is 12.2. The van der Waals surface area contributed by atoms with E-state index in [-0.39, 0.29) is 23.5 Å². The molecule has 6 heteroatoms. The van der Waals surface area contributed by atoms with E-state index in [0.717, 1.165) is 12.1 Å². The molecule has 142 valence electrons. The van der Waals surface area contributed by atoms with Gasteiger partial charge in [-0.3, -0.25) is 0 Å². The molecule has 0 bridgehead atoms. The Hall–Kier alpha value is -2.34. The number of amides is 1. The summed E-state index contributed by atoms with van der Waals surface area (Å²) in [6.07, 6.45) is 3.96. The molecule has 3 atom stereocenters. The Morgan fingerprint density at radius 1 is 1.30 bits per heavy atom. The third kappa shape index (κ3) is 2.35. The molecule has 1 N–H and O–H groups in total. The van der Waals surface area contributed by atoms with Crippen LogP contribution in [0.5, 0.6) is 0 Å². The van der Waals surface area contributed by atoms with Gasteiger partial charge in [0.05, 0.1) is 30.4 Å². The van der Waals surface area contributed by atoms with E-state index in [1.807, 2.05) is 39.4 Å². The fourth-order valence-electron chi connectivity index (χ4n) is 5.08. The zero-order valence-electron chi connectivity index (χ0n) is 15.9. The summed E-state index contributed by atoms with van der Waals surface area (Å²) >= 11 is 0. The van der Waals surface area contributed by atoms with Crippen LogP contribution >= 0.6 is 0 Å². The lowest BCUT2D eigenvalue weighted by molar-refractivity contribution is -0.197. The van der Waals surface area contributed by atoms with Gasteiger partial charge >= 0.3 is 6.09 Å². The molecule has 0 unspecified atom stereocenters. The smallest absolute Gasteiger partial charge is 0.410 e. The highest BCUT2D eigenvalue weighted by Gasteiger charge is 2.63. The fourth-order valence-corrected chi connectivity index (χ4v) is 5.08. The lowest BCUT2D eigenvalue weighted by Gasteiger charge is -2.63. The molecule has 1 saturated heterocycles. The molecular formula is C21H25N3O3. The molecule has 3 heterocycles. The third-order valence-electron chi connectivity index (χ3n) is 6.27. The topological polar surface area (TPSA) is 67.6 Å². The first-order valence-corrected chi connectivity index (χ1v) is 9.56. The summed E-state index contributed by atoms with van der Waals surface area (Å²) in [5.74, 6) is 0.141. The summed E-state index contributed by atoms with van der Waals surface area (Å²) < 4.78 is 7.63. The summed E-state index contributed by atoms with van der Waals surface area (Å²) in [5, 5.41) is 11.0. The van der Waals surface area contributed by atoms with E-state index in [9.17, 15) is 9.90 Å². The number of benzene rings is 1. The molecule has 27 heavy (non-hydrogen) atoms. The van der Waals surface area contributed by atoms with E-state index >= 15 is 0 Å². The van der Waals surface area contributed by atoms with Crippen molar-refractivity contribution in [1.29, 1.82) is 0 Å². The van der Waals surface area contributed by atoms with Crippen molar-refractivity contribution in [3.63, 3.8) is 0 Å². The number of hydrogen-bond donors (Lipinski definition) is 1. The van der Waals surface area contributed by atoms with Crippen molar-refractivity contribution in [1.82, 2.24) is 14.5 Å². The van der Waals surface area contributed by atoms with Crippen LogP contribution in [0.25, 0.3) is 11.3 Å². The first-order chi connectivity index (χ1) is 12.8. The van der Waals surface area contributed by atoms with E-state index in [1.165, 1.54) is 11.1 Å². The van der Waals surface area contributed by atoms with Crippen molar-refractivity contribution in [3.05, 3.63) is 42.4 Å². The van der Waals surface area contributed by atoms with Crippen molar-refractivity contribution >= 4 is 6.09 Å². The predicted molar refractivity (Wildman–Crippen MR) is 100 cm³/mol. The molecule has 2 fully saturated rings. The second-order valence-electron chi connectivity index (χ2n) is 9.23. The monoisotopic (exact) mass is 367 g/mol. The van der Waals surface area contributed by atoms with E-state index in [1.54, 1.807) is 4.90 Å². The SMILES string of the molecule is CC(C)(C)OC(=O)N1CC2(C[C@H]([C@H]3c4ccccc4-c4cncn43)[C@@H]2O)C1. The Morgan fingerprint density at radius 2 is 2.04 bits per heavy atom. The first kappa shape index (κ1) is 16.8. The summed E-state index contributed by atoms with van der Waals surface area (Å²) in [6, 6.07) is 8.49. The number of fused-ring (bicyclic) bond motifs is 3. The van der Waals surface area contributed by atoms with Gasteiger partial charge in [-0.1, -0.05) is 24.3 Å². The minimum Gasteiger partial charge on any atom is -0.444 e. The van der Waals surface area contributed by atoms with Crippen LogP contribution in [0.1, 0.15) is 38.8 Å². The normalized spacial score (nSPS) is 27.6. The molecule has 1 saturated carbocycles. The molecule has 1 aliphatic carbocycles. The summed E-state index contributed by atoms with van der Waals surface area (Å²) in [7, 11) is 0. The number of likely N-dealkylation sites (tertiary alicyclic amines) is 1. The highest BCUT2D eigenvalue weighted by Crippen LogP contribution is 2.59. The van der Waals surface area contributed by atoms with Gasteiger partial charge in [0.1, 0.15) is 5.60 Å². The number of aliphatic hydroxyl groups is 1. The largest absolute Gasteiger partial charge is 0.444 e. The highest BCUT2D eigenvalue weighted by atomic mass is 16.6. The van der Waals surface area contributed by atoms with Gasteiger partial charge in [0.15, 0.2) is 0 Å². The van der Waals surface area contributed by atoms with Gasteiger partial charge in [0, 0.05) is 30.0 Å². The van der Waals surface area contributed by atoms with Crippen molar-refractivity contribution in [2.75, 3.05) is 13.1 Å². The number of aromatic nitrogens is 2. The van der Waals surface area contributed by atoms with Gasteiger partial charge < -0.3 is 19.3 Å². The average Bonchev–Trinajstić information content (AvgIpc) is 3.13. The van der Waals surface area contributed by atoms with Crippen LogP contribution in [-0.4, -0.2) is 50.4 Å². The molecule has 1 amide bonds. The number of rotatable bonds is 1. The number of ether oxygens (including phenoxy) is 1. The molecule has 5 rings (SSSR count). The number of carbonyl (C=O) groups excluding carboxylic acids is 1. The Kier molecular flexibility index (Phi) is 3.33. The number of nitrogens with zero attached hydrogens (tertiary/aromatic N) is 3.